The van der Waals surface area contributed by atoms with Crippen molar-refractivity contribution in [3.63, 3.8) is 0 Å². The number of nitrogens with two attached hydrogens (primary N) is 2. The molecule has 1 atom stereocenters. The summed E-state index contributed by atoms with van der Waals surface area (Å²) < 4.78 is 4.75. The molecule has 56 valence electrons. The van der Waals surface area contributed by atoms with Gasteiger partial charge in [-0.3, -0.25) is 0 Å². The van der Waals surface area contributed by atoms with Crippen LogP contribution in [0.3, 0.4) is 0 Å². The van der Waals surface area contributed by atoms with E-state index in [9.17, 15) is 0 Å². The molecule has 0 spiro atoms. The molecule has 1 aromatic rings. The maximum atomic E-state index is 5.44. The van der Waals surface area contributed by atoms with Crippen molar-refractivity contribution in [3.05, 3.63) is 11.7 Å². The summed E-state index contributed by atoms with van der Waals surface area (Å²) in [5, 5.41) is 3.56. The standard InChI is InChI=1S/C5H10N4O/c1-3(7)5-8-4(2-6)9-10-5/h3H,2,6-7H2,1H3/t3-/m1/s1. The molecule has 10 heavy (non-hydrogen) atoms. The summed E-state index contributed by atoms with van der Waals surface area (Å²) in [6.45, 7) is 2.06. The van der Waals surface area contributed by atoms with Crippen LogP contribution >= 0.6 is 0 Å². The first-order valence-corrected chi connectivity index (χ1v) is 3.02. The molecule has 0 amide bonds. The predicted octanol–water partition coefficient (Wildman–Crippen LogP) is -0.452. The van der Waals surface area contributed by atoms with E-state index in [1.807, 2.05) is 0 Å². The van der Waals surface area contributed by atoms with Crippen molar-refractivity contribution < 1.29 is 4.52 Å². The van der Waals surface area contributed by atoms with Crippen LogP contribution in [0, 0.1) is 0 Å². The highest BCUT2D eigenvalue weighted by Crippen LogP contribution is 2.04. The van der Waals surface area contributed by atoms with Gasteiger partial charge >= 0.3 is 0 Å². The zero-order chi connectivity index (χ0) is 7.56. The van der Waals surface area contributed by atoms with Crippen molar-refractivity contribution in [2.45, 2.75) is 19.5 Å². The topological polar surface area (TPSA) is 91.0 Å². The Balaban J connectivity index is 2.78. The van der Waals surface area contributed by atoms with E-state index in [2.05, 4.69) is 10.1 Å². The molecular weight excluding hydrogens is 132 g/mol. The third kappa shape index (κ3) is 1.31. The van der Waals surface area contributed by atoms with Crippen molar-refractivity contribution in [2.24, 2.45) is 11.5 Å². The highest BCUT2D eigenvalue weighted by molar-refractivity contribution is 4.88. The van der Waals surface area contributed by atoms with E-state index in [1.165, 1.54) is 0 Å². The van der Waals surface area contributed by atoms with Gasteiger partial charge in [-0.2, -0.15) is 4.98 Å². The maximum Gasteiger partial charge on any atom is 0.243 e. The molecule has 1 rings (SSSR count). The van der Waals surface area contributed by atoms with E-state index in [4.69, 9.17) is 16.0 Å². The molecule has 0 aliphatic heterocycles. The fourth-order valence-corrected chi connectivity index (χ4v) is 0.535. The second-order valence-electron chi connectivity index (χ2n) is 2.04. The summed E-state index contributed by atoms with van der Waals surface area (Å²) in [5.41, 5.74) is 10.7. The van der Waals surface area contributed by atoms with Gasteiger partial charge in [-0.05, 0) is 6.92 Å². The molecule has 1 aromatic heterocycles. The maximum absolute atomic E-state index is 5.44. The molecular formula is C5H10N4O. The molecule has 4 N–H and O–H groups in total. The third-order valence-corrected chi connectivity index (χ3v) is 1.06. The molecule has 0 bridgehead atoms. The van der Waals surface area contributed by atoms with Crippen LogP contribution in [0.25, 0.3) is 0 Å². The minimum absolute atomic E-state index is 0.215. The van der Waals surface area contributed by atoms with Gasteiger partial charge in [0.15, 0.2) is 5.82 Å². The lowest BCUT2D eigenvalue weighted by atomic mass is 10.4. The van der Waals surface area contributed by atoms with E-state index in [1.54, 1.807) is 6.92 Å². The Labute approximate surface area is 58.4 Å². The van der Waals surface area contributed by atoms with Crippen LogP contribution in [-0.2, 0) is 6.54 Å². The van der Waals surface area contributed by atoms with Gasteiger partial charge in [-0.15, -0.1) is 0 Å². The fraction of sp³-hybridized carbons (Fsp3) is 0.600. The SMILES string of the molecule is C[C@@H](N)c1nc(CN)no1. The van der Waals surface area contributed by atoms with Gasteiger partial charge in [-0.1, -0.05) is 5.16 Å². The molecule has 0 unspecified atom stereocenters. The highest BCUT2D eigenvalue weighted by Gasteiger charge is 2.07. The van der Waals surface area contributed by atoms with Gasteiger partial charge in [-0.25, -0.2) is 0 Å². The second kappa shape index (κ2) is 2.76. The van der Waals surface area contributed by atoms with Crippen molar-refractivity contribution in [1.29, 1.82) is 0 Å². The lowest BCUT2D eigenvalue weighted by Gasteiger charge is -1.92. The van der Waals surface area contributed by atoms with Crippen LogP contribution in [0.2, 0.25) is 0 Å². The Bertz CT molecular complexity index is 207. The Morgan fingerprint density at radius 2 is 2.40 bits per heavy atom. The number of hydrogen-bond donors (Lipinski definition) is 2. The third-order valence-electron chi connectivity index (χ3n) is 1.06. The zero-order valence-electron chi connectivity index (χ0n) is 5.74. The second-order valence-corrected chi connectivity index (χ2v) is 2.04. The Morgan fingerprint density at radius 1 is 1.70 bits per heavy atom. The van der Waals surface area contributed by atoms with Crippen LogP contribution in [0.4, 0.5) is 0 Å². The molecule has 5 heteroatoms. The number of hydrogen-bond acceptors (Lipinski definition) is 5. The largest absolute Gasteiger partial charge is 0.338 e. The van der Waals surface area contributed by atoms with E-state index < -0.39 is 0 Å². The van der Waals surface area contributed by atoms with E-state index in [0.717, 1.165) is 0 Å². The summed E-state index contributed by atoms with van der Waals surface area (Å²) in [5.74, 6) is 0.924. The minimum atomic E-state index is -0.215. The van der Waals surface area contributed by atoms with Gasteiger partial charge in [0.05, 0.1) is 12.6 Å². The average Bonchev–Trinajstić information content (AvgIpc) is 2.34. The Hall–Kier alpha value is -0.940. The fourth-order valence-electron chi connectivity index (χ4n) is 0.535. The first kappa shape index (κ1) is 7.17. The van der Waals surface area contributed by atoms with Gasteiger partial charge in [0.25, 0.3) is 0 Å². The average molecular weight is 142 g/mol. The smallest absolute Gasteiger partial charge is 0.243 e. The van der Waals surface area contributed by atoms with Crippen LogP contribution < -0.4 is 11.5 Å². The summed E-state index contributed by atoms with van der Waals surface area (Å²) in [6.07, 6.45) is 0. The summed E-state index contributed by atoms with van der Waals surface area (Å²) in [4.78, 5) is 3.90. The van der Waals surface area contributed by atoms with Gasteiger partial charge in [0.1, 0.15) is 0 Å². The molecule has 0 fully saturated rings. The quantitative estimate of drug-likeness (QED) is 0.583. The van der Waals surface area contributed by atoms with Crippen LogP contribution in [-0.4, -0.2) is 10.1 Å². The molecule has 0 saturated carbocycles. The predicted molar refractivity (Wildman–Crippen MR) is 34.8 cm³/mol. The minimum Gasteiger partial charge on any atom is -0.338 e. The van der Waals surface area contributed by atoms with Crippen molar-refractivity contribution in [2.75, 3.05) is 0 Å². The van der Waals surface area contributed by atoms with E-state index in [-0.39, 0.29) is 12.6 Å². The van der Waals surface area contributed by atoms with Crippen LogP contribution in [0.5, 0.6) is 0 Å². The molecule has 5 nitrogen and oxygen atoms in total. The van der Waals surface area contributed by atoms with Crippen LogP contribution in [0.1, 0.15) is 24.7 Å². The lowest BCUT2D eigenvalue weighted by molar-refractivity contribution is 0.357. The molecule has 0 aromatic carbocycles. The van der Waals surface area contributed by atoms with Crippen molar-refractivity contribution in [1.82, 2.24) is 10.1 Å². The lowest BCUT2D eigenvalue weighted by Crippen LogP contribution is -2.05. The number of rotatable bonds is 2. The molecule has 0 aliphatic rings. The summed E-state index contributed by atoms with van der Waals surface area (Å²) >= 11 is 0. The summed E-state index contributed by atoms with van der Waals surface area (Å²) in [6, 6.07) is -0.215. The van der Waals surface area contributed by atoms with Crippen molar-refractivity contribution in [3.8, 4) is 0 Å². The molecule has 1 heterocycles. The molecule has 0 saturated heterocycles. The summed E-state index contributed by atoms with van der Waals surface area (Å²) in [7, 11) is 0. The van der Waals surface area contributed by atoms with E-state index >= 15 is 0 Å². The van der Waals surface area contributed by atoms with Crippen molar-refractivity contribution >= 4 is 0 Å². The molecule has 0 radical (unpaired) electrons. The highest BCUT2D eigenvalue weighted by atomic mass is 16.5. The Kier molecular flexibility index (Phi) is 1.98. The van der Waals surface area contributed by atoms with E-state index in [0.29, 0.717) is 11.7 Å². The zero-order valence-corrected chi connectivity index (χ0v) is 5.74. The first-order chi connectivity index (χ1) is 4.74. The van der Waals surface area contributed by atoms with Gasteiger partial charge < -0.3 is 16.0 Å². The molecule has 0 aliphatic carbocycles. The monoisotopic (exact) mass is 142 g/mol. The van der Waals surface area contributed by atoms with Crippen LogP contribution in [0.15, 0.2) is 4.52 Å². The Morgan fingerprint density at radius 3 is 2.70 bits per heavy atom. The normalized spacial score (nSPS) is 13.5. The first-order valence-electron chi connectivity index (χ1n) is 3.02. The number of aromatic nitrogens is 2. The van der Waals surface area contributed by atoms with Gasteiger partial charge in [0.2, 0.25) is 5.89 Å². The number of nitrogens with zero attached hydrogens (tertiary/aromatic N) is 2. The van der Waals surface area contributed by atoms with Gasteiger partial charge in [0, 0.05) is 0 Å².